The molecule has 0 bridgehead atoms. The summed E-state index contributed by atoms with van der Waals surface area (Å²) in [6, 6.07) is 5.81. The standard InChI is InChI=1S/C18H22FN3O4S/c1-13-18(14(2)26-20-13)27(24,25)22-9-3-8-21(10-11-22)17(23)12-15-4-6-16(19)7-5-15/h4-7H,3,8-12H2,1-2H3. The Morgan fingerprint density at radius 3 is 2.48 bits per heavy atom. The van der Waals surface area contributed by atoms with E-state index < -0.39 is 10.0 Å². The van der Waals surface area contributed by atoms with Gasteiger partial charge in [-0.05, 0) is 38.0 Å². The maximum Gasteiger partial charge on any atom is 0.248 e. The van der Waals surface area contributed by atoms with E-state index in [1.807, 2.05) is 0 Å². The van der Waals surface area contributed by atoms with Gasteiger partial charge in [-0.3, -0.25) is 4.79 Å². The van der Waals surface area contributed by atoms with Crippen LogP contribution in [0.2, 0.25) is 0 Å². The Balaban J connectivity index is 1.68. The molecule has 3 rings (SSSR count). The summed E-state index contributed by atoms with van der Waals surface area (Å²) in [5.41, 5.74) is 1.06. The second-order valence-corrected chi connectivity index (χ2v) is 8.47. The molecule has 1 saturated heterocycles. The highest BCUT2D eigenvalue weighted by Crippen LogP contribution is 2.24. The van der Waals surface area contributed by atoms with Crippen molar-refractivity contribution in [1.29, 1.82) is 0 Å². The van der Waals surface area contributed by atoms with Crippen molar-refractivity contribution in [3.8, 4) is 0 Å². The molecule has 0 aliphatic carbocycles. The summed E-state index contributed by atoms with van der Waals surface area (Å²) in [5, 5.41) is 3.72. The Kier molecular flexibility index (Phi) is 5.61. The summed E-state index contributed by atoms with van der Waals surface area (Å²) in [4.78, 5) is 14.3. The van der Waals surface area contributed by atoms with E-state index in [0.717, 1.165) is 5.56 Å². The van der Waals surface area contributed by atoms with Crippen LogP contribution in [-0.2, 0) is 21.2 Å². The molecule has 0 atom stereocenters. The van der Waals surface area contributed by atoms with Gasteiger partial charge < -0.3 is 9.42 Å². The highest BCUT2D eigenvalue weighted by atomic mass is 32.2. The number of nitrogens with zero attached hydrogens (tertiary/aromatic N) is 3. The zero-order chi connectivity index (χ0) is 19.6. The van der Waals surface area contributed by atoms with Crippen molar-refractivity contribution in [3.63, 3.8) is 0 Å². The van der Waals surface area contributed by atoms with E-state index in [4.69, 9.17) is 4.52 Å². The monoisotopic (exact) mass is 395 g/mol. The lowest BCUT2D eigenvalue weighted by Crippen LogP contribution is -2.38. The molecule has 0 N–H and O–H groups in total. The van der Waals surface area contributed by atoms with Crippen LogP contribution in [0.5, 0.6) is 0 Å². The van der Waals surface area contributed by atoms with Crippen molar-refractivity contribution < 1.29 is 22.1 Å². The van der Waals surface area contributed by atoms with Gasteiger partial charge in [0, 0.05) is 26.2 Å². The number of sulfonamides is 1. The Bertz CT molecular complexity index is 905. The maximum absolute atomic E-state index is 13.0. The number of amides is 1. The molecule has 0 unspecified atom stereocenters. The topological polar surface area (TPSA) is 83.7 Å². The minimum absolute atomic E-state index is 0.0989. The van der Waals surface area contributed by atoms with Crippen LogP contribution in [0.1, 0.15) is 23.4 Å². The highest BCUT2D eigenvalue weighted by molar-refractivity contribution is 7.89. The fourth-order valence-corrected chi connectivity index (χ4v) is 5.00. The van der Waals surface area contributed by atoms with E-state index in [0.29, 0.717) is 31.7 Å². The van der Waals surface area contributed by atoms with Crippen LogP contribution < -0.4 is 0 Å². The van der Waals surface area contributed by atoms with Crippen molar-refractivity contribution in [2.45, 2.75) is 31.6 Å². The van der Waals surface area contributed by atoms with Crippen molar-refractivity contribution in [2.24, 2.45) is 0 Å². The van der Waals surface area contributed by atoms with E-state index in [1.54, 1.807) is 30.9 Å². The van der Waals surface area contributed by atoms with Crippen LogP contribution in [-0.4, -0.2) is 54.9 Å². The van der Waals surface area contributed by atoms with Gasteiger partial charge in [0.05, 0.1) is 6.42 Å². The molecule has 0 radical (unpaired) electrons. The molecule has 1 aliphatic rings. The largest absolute Gasteiger partial charge is 0.360 e. The smallest absolute Gasteiger partial charge is 0.248 e. The zero-order valence-electron chi connectivity index (χ0n) is 15.3. The molecule has 7 nitrogen and oxygen atoms in total. The normalized spacial score (nSPS) is 16.3. The molecule has 2 heterocycles. The molecule has 9 heteroatoms. The summed E-state index contributed by atoms with van der Waals surface area (Å²) in [6.45, 7) is 4.49. The molecule has 1 aromatic carbocycles. The Morgan fingerprint density at radius 2 is 1.85 bits per heavy atom. The number of hydrogen-bond donors (Lipinski definition) is 0. The molecule has 2 aromatic rings. The first-order valence-corrected chi connectivity index (χ1v) is 10.2. The number of benzene rings is 1. The quantitative estimate of drug-likeness (QED) is 0.790. The minimum atomic E-state index is -3.72. The van der Waals surface area contributed by atoms with Crippen LogP contribution in [0.4, 0.5) is 4.39 Å². The van der Waals surface area contributed by atoms with Crippen molar-refractivity contribution >= 4 is 15.9 Å². The van der Waals surface area contributed by atoms with Gasteiger partial charge in [0.2, 0.25) is 15.9 Å². The van der Waals surface area contributed by atoms with Crippen LogP contribution in [0, 0.1) is 19.7 Å². The Labute approximate surface area is 157 Å². The van der Waals surface area contributed by atoms with Crippen LogP contribution in [0.15, 0.2) is 33.7 Å². The molecule has 1 amide bonds. The number of rotatable bonds is 4. The average molecular weight is 395 g/mol. The van der Waals surface area contributed by atoms with Gasteiger partial charge in [0.25, 0.3) is 0 Å². The van der Waals surface area contributed by atoms with E-state index >= 15 is 0 Å². The number of carbonyl (C=O) groups excluding carboxylic acids is 1. The molecule has 1 aromatic heterocycles. The lowest BCUT2D eigenvalue weighted by atomic mass is 10.1. The first-order valence-electron chi connectivity index (χ1n) is 8.74. The first-order chi connectivity index (χ1) is 12.8. The number of halogens is 1. The third-order valence-corrected chi connectivity index (χ3v) is 6.79. The predicted octanol–water partition coefficient (Wildman–Crippen LogP) is 1.90. The molecule has 0 spiro atoms. The molecule has 27 heavy (non-hydrogen) atoms. The minimum Gasteiger partial charge on any atom is -0.360 e. The fourth-order valence-electron chi connectivity index (χ4n) is 3.24. The van der Waals surface area contributed by atoms with Crippen LogP contribution >= 0.6 is 0 Å². The molecular weight excluding hydrogens is 373 g/mol. The molecule has 0 saturated carbocycles. The summed E-state index contributed by atoms with van der Waals surface area (Å²) in [5.74, 6) is -0.180. The fraction of sp³-hybridized carbons (Fsp3) is 0.444. The SMILES string of the molecule is Cc1noc(C)c1S(=O)(=O)N1CCCN(C(=O)Cc2ccc(F)cc2)CC1. The van der Waals surface area contributed by atoms with E-state index in [2.05, 4.69) is 5.16 Å². The van der Waals surface area contributed by atoms with Gasteiger partial charge in [-0.25, -0.2) is 12.8 Å². The second-order valence-electron chi connectivity index (χ2n) is 6.59. The molecular formula is C18H22FN3O4S. The zero-order valence-corrected chi connectivity index (χ0v) is 16.1. The molecule has 1 fully saturated rings. The van der Waals surface area contributed by atoms with E-state index in [9.17, 15) is 17.6 Å². The van der Waals surface area contributed by atoms with Crippen molar-refractivity contribution in [3.05, 3.63) is 47.1 Å². The van der Waals surface area contributed by atoms with Gasteiger partial charge in [-0.1, -0.05) is 17.3 Å². The van der Waals surface area contributed by atoms with E-state index in [-0.39, 0.29) is 35.3 Å². The van der Waals surface area contributed by atoms with Gasteiger partial charge in [-0.15, -0.1) is 0 Å². The Morgan fingerprint density at radius 1 is 1.15 bits per heavy atom. The number of hydrogen-bond acceptors (Lipinski definition) is 5. The lowest BCUT2D eigenvalue weighted by molar-refractivity contribution is -0.130. The van der Waals surface area contributed by atoms with Gasteiger partial charge in [0.1, 0.15) is 16.4 Å². The predicted molar refractivity (Wildman–Crippen MR) is 96.0 cm³/mol. The third kappa shape index (κ3) is 4.19. The van der Waals surface area contributed by atoms with Gasteiger partial charge >= 0.3 is 0 Å². The van der Waals surface area contributed by atoms with Gasteiger partial charge in [0.15, 0.2) is 5.76 Å². The second kappa shape index (κ2) is 7.77. The number of aromatic nitrogens is 1. The van der Waals surface area contributed by atoms with E-state index in [1.165, 1.54) is 16.4 Å². The summed E-state index contributed by atoms with van der Waals surface area (Å²) < 4.78 is 45.2. The van der Waals surface area contributed by atoms with Crippen molar-refractivity contribution in [2.75, 3.05) is 26.2 Å². The summed E-state index contributed by atoms with van der Waals surface area (Å²) >= 11 is 0. The lowest BCUT2D eigenvalue weighted by Gasteiger charge is -2.22. The first kappa shape index (κ1) is 19.5. The van der Waals surface area contributed by atoms with Crippen LogP contribution in [0.3, 0.4) is 0 Å². The number of aryl methyl sites for hydroxylation is 2. The number of carbonyl (C=O) groups is 1. The Hall–Kier alpha value is -2.26. The highest BCUT2D eigenvalue weighted by Gasteiger charge is 2.32. The van der Waals surface area contributed by atoms with Crippen molar-refractivity contribution in [1.82, 2.24) is 14.4 Å². The van der Waals surface area contributed by atoms with Gasteiger partial charge in [-0.2, -0.15) is 4.31 Å². The maximum atomic E-state index is 13.0. The average Bonchev–Trinajstić information content (AvgIpc) is 2.83. The molecule has 146 valence electrons. The van der Waals surface area contributed by atoms with Crippen LogP contribution in [0.25, 0.3) is 0 Å². The summed E-state index contributed by atoms with van der Waals surface area (Å²) in [6.07, 6.45) is 0.703. The summed E-state index contributed by atoms with van der Waals surface area (Å²) in [7, 11) is -3.72. The third-order valence-electron chi connectivity index (χ3n) is 4.64. The molecule has 1 aliphatic heterocycles.